The molecule has 2 aromatic rings. The molecule has 0 aliphatic carbocycles. The van der Waals surface area contributed by atoms with E-state index in [4.69, 9.17) is 29.6 Å². The van der Waals surface area contributed by atoms with Crippen LogP contribution in [0.2, 0.25) is 5.02 Å². The summed E-state index contributed by atoms with van der Waals surface area (Å²) in [6.07, 6.45) is 3.12. The van der Waals surface area contributed by atoms with Crippen LogP contribution in [-0.4, -0.2) is 24.7 Å². The number of thiocarbonyl (C=S) groups is 1. The highest BCUT2D eigenvalue weighted by Gasteiger charge is 2.07. The molecule has 2 heterocycles. The Morgan fingerprint density at radius 2 is 2.25 bits per heavy atom. The number of hydrogen-bond acceptors (Lipinski definition) is 4. The van der Waals surface area contributed by atoms with Crippen molar-refractivity contribution in [1.29, 1.82) is 0 Å². The zero-order valence-corrected chi connectivity index (χ0v) is 9.96. The summed E-state index contributed by atoms with van der Waals surface area (Å²) in [5, 5.41) is 4.52. The summed E-state index contributed by atoms with van der Waals surface area (Å²) in [5.74, 6) is 0.398. The monoisotopic (exact) mass is 253 g/mol. The fourth-order valence-electron chi connectivity index (χ4n) is 1.19. The zero-order valence-electron chi connectivity index (χ0n) is 8.38. The van der Waals surface area contributed by atoms with Crippen LogP contribution in [-0.2, 0) is 0 Å². The first-order chi connectivity index (χ1) is 7.56. The Morgan fingerprint density at radius 3 is 2.81 bits per heavy atom. The van der Waals surface area contributed by atoms with E-state index in [1.165, 1.54) is 10.9 Å². The van der Waals surface area contributed by atoms with Gasteiger partial charge < -0.3 is 5.73 Å². The molecular weight excluding hydrogens is 246 g/mol. The third kappa shape index (κ3) is 2.17. The van der Waals surface area contributed by atoms with Crippen molar-refractivity contribution in [2.24, 2.45) is 5.73 Å². The Morgan fingerprint density at radius 1 is 1.50 bits per heavy atom. The molecule has 0 aromatic carbocycles. The van der Waals surface area contributed by atoms with Crippen molar-refractivity contribution in [3.63, 3.8) is 0 Å². The summed E-state index contributed by atoms with van der Waals surface area (Å²) in [6, 6.07) is 1.72. The van der Waals surface area contributed by atoms with E-state index >= 15 is 0 Å². The van der Waals surface area contributed by atoms with Gasteiger partial charge in [-0.1, -0.05) is 23.8 Å². The van der Waals surface area contributed by atoms with Crippen LogP contribution in [0.15, 0.2) is 18.5 Å². The van der Waals surface area contributed by atoms with Gasteiger partial charge in [0.05, 0.1) is 17.4 Å². The van der Waals surface area contributed by atoms with Gasteiger partial charge in [0.15, 0.2) is 0 Å². The van der Waals surface area contributed by atoms with E-state index in [2.05, 4.69) is 15.1 Å². The lowest BCUT2D eigenvalue weighted by Gasteiger charge is -2.03. The highest BCUT2D eigenvalue weighted by atomic mass is 35.5. The number of aryl methyl sites for hydroxylation is 1. The summed E-state index contributed by atoms with van der Waals surface area (Å²) in [7, 11) is 0. The molecule has 0 radical (unpaired) electrons. The van der Waals surface area contributed by atoms with Gasteiger partial charge in [-0.2, -0.15) is 5.10 Å². The standard InChI is InChI=1S/C9H8ClN5S/c1-5-2-7(8(11)16)14-9(13-5)15-4-6(10)3-12-15/h2-4H,1H3,(H2,11,16). The maximum atomic E-state index is 5.76. The summed E-state index contributed by atoms with van der Waals surface area (Å²) in [5.41, 5.74) is 6.80. The lowest BCUT2D eigenvalue weighted by molar-refractivity contribution is 0.799. The topological polar surface area (TPSA) is 69.6 Å². The number of nitrogens with zero attached hydrogens (tertiary/aromatic N) is 4. The molecule has 16 heavy (non-hydrogen) atoms. The molecule has 0 atom stereocenters. The smallest absolute Gasteiger partial charge is 0.251 e. The van der Waals surface area contributed by atoms with Crippen LogP contribution in [0.3, 0.4) is 0 Å². The second kappa shape index (κ2) is 4.15. The van der Waals surface area contributed by atoms with Crippen molar-refractivity contribution in [3.8, 4) is 5.95 Å². The van der Waals surface area contributed by atoms with Crippen molar-refractivity contribution in [2.75, 3.05) is 0 Å². The first-order valence-corrected chi connectivity index (χ1v) is 5.21. The molecule has 0 unspecified atom stereocenters. The Labute approximate surface area is 102 Å². The summed E-state index contributed by atoms with van der Waals surface area (Å²) >= 11 is 10.6. The predicted molar refractivity (Wildman–Crippen MR) is 64.8 cm³/mol. The Hall–Kier alpha value is -1.53. The van der Waals surface area contributed by atoms with E-state index in [0.717, 1.165) is 5.69 Å². The SMILES string of the molecule is Cc1cc(C(N)=S)nc(-n2cc(Cl)cn2)n1. The Kier molecular flexibility index (Phi) is 2.84. The van der Waals surface area contributed by atoms with Crippen LogP contribution in [0.1, 0.15) is 11.4 Å². The van der Waals surface area contributed by atoms with Crippen LogP contribution in [0.25, 0.3) is 5.95 Å². The quantitative estimate of drug-likeness (QED) is 0.816. The molecule has 0 amide bonds. The second-order valence-electron chi connectivity index (χ2n) is 3.16. The number of nitrogens with two attached hydrogens (primary N) is 1. The molecule has 0 aliphatic rings. The molecule has 0 fully saturated rings. The molecule has 2 rings (SSSR count). The molecule has 82 valence electrons. The highest BCUT2D eigenvalue weighted by Crippen LogP contribution is 2.09. The lowest BCUT2D eigenvalue weighted by atomic mass is 10.3. The summed E-state index contributed by atoms with van der Waals surface area (Å²) < 4.78 is 1.47. The fraction of sp³-hybridized carbons (Fsp3) is 0.111. The van der Waals surface area contributed by atoms with E-state index in [0.29, 0.717) is 16.7 Å². The largest absolute Gasteiger partial charge is 0.388 e. The van der Waals surface area contributed by atoms with Gasteiger partial charge in [-0.3, -0.25) is 0 Å². The van der Waals surface area contributed by atoms with Gasteiger partial charge in [-0.25, -0.2) is 14.6 Å². The Bertz CT molecular complexity index is 551. The van der Waals surface area contributed by atoms with Crippen molar-refractivity contribution in [2.45, 2.75) is 6.92 Å². The minimum atomic E-state index is 0.227. The highest BCUT2D eigenvalue weighted by molar-refractivity contribution is 7.80. The van der Waals surface area contributed by atoms with Gasteiger partial charge in [0.25, 0.3) is 5.95 Å². The number of halogens is 1. The number of aromatic nitrogens is 4. The molecule has 0 aliphatic heterocycles. The van der Waals surface area contributed by atoms with Gasteiger partial charge in [-0.15, -0.1) is 0 Å². The van der Waals surface area contributed by atoms with Crippen molar-refractivity contribution < 1.29 is 0 Å². The molecule has 2 N–H and O–H groups in total. The minimum Gasteiger partial charge on any atom is -0.388 e. The van der Waals surface area contributed by atoms with Crippen LogP contribution < -0.4 is 5.73 Å². The van der Waals surface area contributed by atoms with Gasteiger partial charge >= 0.3 is 0 Å². The lowest BCUT2D eigenvalue weighted by Crippen LogP contribution is -2.15. The third-order valence-electron chi connectivity index (χ3n) is 1.85. The summed E-state index contributed by atoms with van der Waals surface area (Å²) in [4.78, 5) is 8.62. The molecule has 0 spiro atoms. The van der Waals surface area contributed by atoms with Crippen molar-refractivity contribution >= 4 is 28.8 Å². The number of hydrogen-bond donors (Lipinski definition) is 1. The van der Waals surface area contributed by atoms with Gasteiger partial charge in [0.2, 0.25) is 0 Å². The molecule has 7 heteroatoms. The van der Waals surface area contributed by atoms with Crippen LogP contribution in [0.4, 0.5) is 0 Å². The van der Waals surface area contributed by atoms with Crippen LogP contribution in [0.5, 0.6) is 0 Å². The Balaban J connectivity index is 2.53. The van der Waals surface area contributed by atoms with E-state index in [9.17, 15) is 0 Å². The minimum absolute atomic E-state index is 0.227. The van der Waals surface area contributed by atoms with Gasteiger partial charge in [0.1, 0.15) is 10.7 Å². The molecule has 2 aromatic heterocycles. The average molecular weight is 254 g/mol. The molecule has 0 bridgehead atoms. The molecule has 0 saturated carbocycles. The molecular formula is C9H8ClN5S. The molecule has 5 nitrogen and oxygen atoms in total. The van der Waals surface area contributed by atoms with Gasteiger partial charge in [-0.05, 0) is 13.0 Å². The average Bonchev–Trinajstić information content (AvgIpc) is 2.64. The van der Waals surface area contributed by atoms with Crippen molar-refractivity contribution in [3.05, 3.63) is 34.9 Å². The van der Waals surface area contributed by atoms with E-state index < -0.39 is 0 Å². The zero-order chi connectivity index (χ0) is 11.7. The van der Waals surface area contributed by atoms with E-state index in [1.807, 2.05) is 6.92 Å². The van der Waals surface area contributed by atoms with Crippen LogP contribution in [0, 0.1) is 6.92 Å². The number of rotatable bonds is 2. The summed E-state index contributed by atoms with van der Waals surface area (Å²) in [6.45, 7) is 1.83. The van der Waals surface area contributed by atoms with Crippen molar-refractivity contribution in [1.82, 2.24) is 19.7 Å². The second-order valence-corrected chi connectivity index (χ2v) is 4.04. The fourth-order valence-corrected chi connectivity index (χ4v) is 1.43. The van der Waals surface area contributed by atoms with Crippen LogP contribution >= 0.6 is 23.8 Å². The molecule has 0 saturated heterocycles. The third-order valence-corrected chi connectivity index (χ3v) is 2.26. The van der Waals surface area contributed by atoms with Gasteiger partial charge in [0, 0.05) is 5.69 Å². The van der Waals surface area contributed by atoms with E-state index in [-0.39, 0.29) is 4.99 Å². The first-order valence-electron chi connectivity index (χ1n) is 4.42. The maximum absolute atomic E-state index is 5.76. The normalized spacial score (nSPS) is 10.4. The van der Waals surface area contributed by atoms with E-state index in [1.54, 1.807) is 12.3 Å². The first kappa shape index (κ1) is 11.0. The predicted octanol–water partition coefficient (Wildman–Crippen LogP) is 1.26. The maximum Gasteiger partial charge on any atom is 0.251 e.